The molecular formula is C7H3Cl2FN2. The lowest BCUT2D eigenvalue weighted by Crippen LogP contribution is -1.90. The van der Waals surface area contributed by atoms with E-state index < -0.39 is 5.82 Å². The van der Waals surface area contributed by atoms with E-state index in [1.54, 1.807) is 0 Å². The summed E-state index contributed by atoms with van der Waals surface area (Å²) in [5.74, 6) is -0.653. The Labute approximate surface area is 78.8 Å². The smallest absolute Gasteiger partial charge is 0.242 e. The SMILES string of the molecule is [C-]#[N+]Cc1cc(F)c(Cl)nc1Cl. The zero-order valence-electron chi connectivity index (χ0n) is 5.81. The van der Waals surface area contributed by atoms with Gasteiger partial charge in [-0.1, -0.05) is 23.2 Å². The maximum absolute atomic E-state index is 12.7. The van der Waals surface area contributed by atoms with Gasteiger partial charge in [-0.05, 0) is 6.07 Å². The molecule has 5 heteroatoms. The van der Waals surface area contributed by atoms with Gasteiger partial charge >= 0.3 is 0 Å². The van der Waals surface area contributed by atoms with Gasteiger partial charge in [0, 0.05) is 0 Å². The number of hydrogen-bond acceptors (Lipinski definition) is 1. The van der Waals surface area contributed by atoms with E-state index in [1.807, 2.05) is 0 Å². The average Bonchev–Trinajstić information content (AvgIpc) is 2.01. The maximum atomic E-state index is 12.7. The zero-order valence-corrected chi connectivity index (χ0v) is 7.32. The highest BCUT2D eigenvalue weighted by Gasteiger charge is 2.09. The van der Waals surface area contributed by atoms with E-state index in [2.05, 4.69) is 9.83 Å². The number of rotatable bonds is 1. The van der Waals surface area contributed by atoms with E-state index in [1.165, 1.54) is 0 Å². The van der Waals surface area contributed by atoms with Crippen LogP contribution in [0.15, 0.2) is 6.07 Å². The minimum absolute atomic E-state index is 0.0138. The monoisotopic (exact) mass is 204 g/mol. The average molecular weight is 205 g/mol. The largest absolute Gasteiger partial charge is 0.312 e. The van der Waals surface area contributed by atoms with Crippen LogP contribution in [0.3, 0.4) is 0 Å². The van der Waals surface area contributed by atoms with Crippen molar-refractivity contribution in [2.24, 2.45) is 0 Å². The lowest BCUT2D eigenvalue weighted by Gasteiger charge is -1.97. The van der Waals surface area contributed by atoms with Gasteiger partial charge in [-0.3, -0.25) is 0 Å². The summed E-state index contributed by atoms with van der Waals surface area (Å²) in [5, 5.41) is -0.189. The number of pyridine rings is 1. The molecule has 0 N–H and O–H groups in total. The highest BCUT2D eigenvalue weighted by Crippen LogP contribution is 2.20. The van der Waals surface area contributed by atoms with Gasteiger partial charge < -0.3 is 4.85 Å². The predicted molar refractivity (Wildman–Crippen MR) is 44.5 cm³/mol. The molecule has 0 aliphatic heterocycles. The number of nitrogens with zero attached hydrogens (tertiary/aromatic N) is 2. The van der Waals surface area contributed by atoms with Gasteiger partial charge in [0.05, 0.1) is 5.56 Å². The Morgan fingerprint density at radius 2 is 2.17 bits per heavy atom. The second kappa shape index (κ2) is 3.70. The first-order chi connectivity index (χ1) is 5.65. The van der Waals surface area contributed by atoms with Gasteiger partial charge in [0.15, 0.2) is 11.0 Å². The number of halogens is 3. The fraction of sp³-hybridized carbons (Fsp3) is 0.143. The summed E-state index contributed by atoms with van der Waals surface area (Å²) in [6.45, 7) is 6.56. The molecule has 0 bridgehead atoms. The lowest BCUT2D eigenvalue weighted by atomic mass is 10.3. The quantitative estimate of drug-likeness (QED) is 0.508. The molecule has 0 spiro atoms. The highest BCUT2D eigenvalue weighted by atomic mass is 35.5. The molecule has 0 saturated heterocycles. The summed E-state index contributed by atoms with van der Waals surface area (Å²) in [4.78, 5) is 6.56. The third-order valence-corrected chi connectivity index (χ3v) is 1.80. The van der Waals surface area contributed by atoms with E-state index >= 15 is 0 Å². The van der Waals surface area contributed by atoms with E-state index in [-0.39, 0.29) is 16.9 Å². The van der Waals surface area contributed by atoms with Crippen LogP contribution >= 0.6 is 23.2 Å². The third kappa shape index (κ3) is 1.84. The molecule has 0 atom stereocenters. The molecule has 1 heterocycles. The van der Waals surface area contributed by atoms with Crippen LogP contribution in [0.4, 0.5) is 4.39 Å². The van der Waals surface area contributed by atoms with Crippen LogP contribution in [-0.4, -0.2) is 4.98 Å². The van der Waals surface area contributed by atoms with Crippen molar-refractivity contribution in [3.05, 3.63) is 39.2 Å². The van der Waals surface area contributed by atoms with E-state index in [0.717, 1.165) is 6.07 Å². The molecule has 0 fully saturated rings. The molecule has 0 radical (unpaired) electrons. The van der Waals surface area contributed by atoms with Crippen molar-refractivity contribution >= 4 is 23.2 Å². The molecule has 1 aromatic heterocycles. The molecule has 0 aromatic carbocycles. The Hall–Kier alpha value is -0.850. The van der Waals surface area contributed by atoms with Gasteiger partial charge in [-0.25, -0.2) is 15.9 Å². The van der Waals surface area contributed by atoms with Crippen molar-refractivity contribution < 1.29 is 4.39 Å². The topological polar surface area (TPSA) is 17.2 Å². The number of hydrogen-bond donors (Lipinski definition) is 0. The molecule has 0 unspecified atom stereocenters. The van der Waals surface area contributed by atoms with E-state index in [0.29, 0.717) is 5.56 Å². The van der Waals surface area contributed by atoms with E-state index in [4.69, 9.17) is 29.8 Å². The third-order valence-electron chi connectivity index (χ3n) is 1.21. The van der Waals surface area contributed by atoms with Crippen molar-refractivity contribution in [3.8, 4) is 0 Å². The van der Waals surface area contributed by atoms with Crippen molar-refractivity contribution in [2.45, 2.75) is 6.54 Å². The van der Waals surface area contributed by atoms with Crippen molar-refractivity contribution in [3.63, 3.8) is 0 Å². The fourth-order valence-corrected chi connectivity index (χ4v) is 1.06. The first kappa shape index (κ1) is 9.24. The molecule has 0 aliphatic carbocycles. The molecule has 1 rings (SSSR count). The summed E-state index contributed by atoms with van der Waals surface area (Å²) in [6.07, 6.45) is 0. The zero-order chi connectivity index (χ0) is 9.14. The summed E-state index contributed by atoms with van der Waals surface area (Å²) in [5.41, 5.74) is 0.355. The van der Waals surface area contributed by atoms with E-state index in [9.17, 15) is 4.39 Å². The van der Waals surface area contributed by atoms with Crippen LogP contribution < -0.4 is 0 Å². The number of aromatic nitrogens is 1. The summed E-state index contributed by atoms with van der Waals surface area (Å²) in [6, 6.07) is 1.12. The Balaban J connectivity index is 3.16. The van der Waals surface area contributed by atoms with Crippen LogP contribution in [0.5, 0.6) is 0 Å². The molecular weight excluding hydrogens is 202 g/mol. The minimum atomic E-state index is -0.653. The maximum Gasteiger partial charge on any atom is 0.242 e. The summed E-state index contributed by atoms with van der Waals surface area (Å²) in [7, 11) is 0. The lowest BCUT2D eigenvalue weighted by molar-refractivity contribution is 0.620. The van der Waals surface area contributed by atoms with Crippen molar-refractivity contribution in [1.29, 1.82) is 0 Å². The van der Waals surface area contributed by atoms with Crippen LogP contribution in [0.1, 0.15) is 5.56 Å². The Bertz CT molecular complexity index is 346. The van der Waals surface area contributed by atoms with Crippen LogP contribution in [-0.2, 0) is 6.54 Å². The molecule has 0 aliphatic rings. The molecule has 0 saturated carbocycles. The van der Waals surface area contributed by atoms with Gasteiger partial charge in [0.25, 0.3) is 0 Å². The van der Waals surface area contributed by atoms with Gasteiger partial charge in [0.1, 0.15) is 5.15 Å². The normalized spacial score (nSPS) is 9.50. The second-order valence-corrected chi connectivity index (χ2v) is 2.74. The predicted octanol–water partition coefficient (Wildman–Crippen LogP) is 2.95. The van der Waals surface area contributed by atoms with Crippen LogP contribution in [0, 0.1) is 12.4 Å². The summed E-state index contributed by atoms with van der Waals surface area (Å²) < 4.78 is 12.7. The highest BCUT2D eigenvalue weighted by molar-refractivity contribution is 6.32. The Morgan fingerprint density at radius 1 is 1.50 bits per heavy atom. The summed E-state index contributed by atoms with van der Waals surface area (Å²) >= 11 is 10.9. The minimum Gasteiger partial charge on any atom is -0.312 e. The molecule has 0 amide bonds. The Kier molecular flexibility index (Phi) is 2.85. The second-order valence-electron chi connectivity index (χ2n) is 2.03. The van der Waals surface area contributed by atoms with Crippen LogP contribution in [0.2, 0.25) is 10.3 Å². The van der Waals surface area contributed by atoms with Crippen molar-refractivity contribution in [2.75, 3.05) is 0 Å². The first-order valence-electron chi connectivity index (χ1n) is 2.98. The molecule has 62 valence electrons. The Morgan fingerprint density at radius 3 is 2.75 bits per heavy atom. The standard InChI is InChI=1S/C7H3Cl2FN2/c1-11-3-4-2-5(10)7(9)12-6(4)8/h2H,3H2. The van der Waals surface area contributed by atoms with Crippen LogP contribution in [0.25, 0.3) is 4.85 Å². The molecule has 12 heavy (non-hydrogen) atoms. The van der Waals surface area contributed by atoms with Gasteiger partial charge in [-0.15, -0.1) is 0 Å². The fourth-order valence-electron chi connectivity index (χ4n) is 0.680. The molecule has 2 nitrogen and oxygen atoms in total. The van der Waals surface area contributed by atoms with Gasteiger partial charge in [0.2, 0.25) is 6.54 Å². The molecule has 1 aromatic rings. The van der Waals surface area contributed by atoms with Gasteiger partial charge in [-0.2, -0.15) is 0 Å². The van der Waals surface area contributed by atoms with Crippen molar-refractivity contribution in [1.82, 2.24) is 4.98 Å². The first-order valence-corrected chi connectivity index (χ1v) is 3.74.